The van der Waals surface area contributed by atoms with E-state index in [2.05, 4.69) is 20.3 Å². The third-order valence-corrected chi connectivity index (χ3v) is 4.07. The molecule has 27 heavy (non-hydrogen) atoms. The summed E-state index contributed by atoms with van der Waals surface area (Å²) in [5, 5.41) is 3.20. The maximum Gasteiger partial charge on any atom is 0.306 e. The molecule has 7 nitrogen and oxygen atoms in total. The molecule has 1 aromatic carbocycles. The highest BCUT2D eigenvalue weighted by Gasteiger charge is 2.19. The fourth-order valence-corrected chi connectivity index (χ4v) is 2.91. The standard InChI is InChI=1S/C19H18FN5O2/c1-12(11-26-2)22-18-21-8-7-15(23-18)17-16(13-3-5-14(20)6-4-13)24-19-25(17)9-10-27-19/h3-10,12H,11H2,1-2H3,(H,21,22,23). The molecule has 0 radical (unpaired) electrons. The van der Waals surface area contributed by atoms with Crippen molar-refractivity contribution in [3.8, 4) is 22.6 Å². The van der Waals surface area contributed by atoms with Crippen LogP contribution in [0.3, 0.4) is 0 Å². The molecule has 0 spiro atoms. The average molecular weight is 367 g/mol. The molecular weight excluding hydrogens is 349 g/mol. The zero-order valence-electron chi connectivity index (χ0n) is 14.9. The number of rotatable bonds is 6. The number of fused-ring (bicyclic) bond motifs is 1. The van der Waals surface area contributed by atoms with Gasteiger partial charge in [-0.05, 0) is 37.3 Å². The Bertz CT molecular complexity index is 1060. The van der Waals surface area contributed by atoms with Crippen LogP contribution in [0.5, 0.6) is 0 Å². The van der Waals surface area contributed by atoms with Crippen molar-refractivity contribution in [2.45, 2.75) is 13.0 Å². The Kier molecular flexibility index (Phi) is 4.55. The Balaban J connectivity index is 1.80. The van der Waals surface area contributed by atoms with E-state index >= 15 is 0 Å². The van der Waals surface area contributed by atoms with Gasteiger partial charge in [-0.1, -0.05) is 0 Å². The van der Waals surface area contributed by atoms with Gasteiger partial charge in [0.15, 0.2) is 0 Å². The summed E-state index contributed by atoms with van der Waals surface area (Å²) in [6, 6.07) is 8.03. The first kappa shape index (κ1) is 17.2. The molecule has 0 aliphatic carbocycles. The molecule has 0 aliphatic rings. The molecule has 0 saturated heterocycles. The Morgan fingerprint density at radius 3 is 2.81 bits per heavy atom. The van der Waals surface area contributed by atoms with Crippen LogP contribution in [0.2, 0.25) is 0 Å². The second-order valence-electron chi connectivity index (χ2n) is 6.14. The maximum atomic E-state index is 13.3. The third kappa shape index (κ3) is 3.39. The van der Waals surface area contributed by atoms with E-state index in [-0.39, 0.29) is 11.9 Å². The summed E-state index contributed by atoms with van der Waals surface area (Å²) in [6.45, 7) is 2.52. The SMILES string of the molecule is COCC(C)Nc1nccc(-c2c(-c3ccc(F)cc3)nc3occn23)n1. The number of nitrogens with one attached hydrogen (secondary N) is 1. The molecule has 1 N–H and O–H groups in total. The molecule has 3 heterocycles. The number of aromatic nitrogens is 4. The molecule has 0 bridgehead atoms. The van der Waals surface area contributed by atoms with Crippen LogP contribution in [0.25, 0.3) is 28.5 Å². The summed E-state index contributed by atoms with van der Waals surface area (Å²) in [4.78, 5) is 13.4. The van der Waals surface area contributed by atoms with Crippen molar-refractivity contribution in [1.29, 1.82) is 0 Å². The molecular formula is C19H18FN5O2. The van der Waals surface area contributed by atoms with Crippen molar-refractivity contribution in [3.05, 3.63) is 54.8 Å². The van der Waals surface area contributed by atoms with Gasteiger partial charge in [-0.15, -0.1) is 0 Å². The van der Waals surface area contributed by atoms with E-state index in [0.717, 1.165) is 11.3 Å². The van der Waals surface area contributed by atoms with Crippen LogP contribution in [-0.2, 0) is 4.74 Å². The van der Waals surface area contributed by atoms with Crippen LogP contribution in [0, 0.1) is 5.82 Å². The van der Waals surface area contributed by atoms with Gasteiger partial charge < -0.3 is 14.5 Å². The lowest BCUT2D eigenvalue weighted by atomic mass is 10.1. The van der Waals surface area contributed by atoms with Gasteiger partial charge in [-0.3, -0.25) is 4.40 Å². The number of nitrogens with zero attached hydrogens (tertiary/aromatic N) is 4. The minimum atomic E-state index is -0.302. The third-order valence-electron chi connectivity index (χ3n) is 4.07. The Hall–Kier alpha value is -3.26. The molecule has 4 aromatic rings. The van der Waals surface area contributed by atoms with Gasteiger partial charge in [0.05, 0.1) is 12.3 Å². The van der Waals surface area contributed by atoms with Gasteiger partial charge in [0.1, 0.15) is 23.5 Å². The highest BCUT2D eigenvalue weighted by Crippen LogP contribution is 2.32. The summed E-state index contributed by atoms with van der Waals surface area (Å²) < 4.78 is 25.7. The van der Waals surface area contributed by atoms with Crippen molar-refractivity contribution in [2.75, 3.05) is 19.0 Å². The Morgan fingerprint density at radius 1 is 1.22 bits per heavy atom. The average Bonchev–Trinajstić information content (AvgIpc) is 3.23. The number of anilines is 1. The number of ether oxygens (including phenoxy) is 1. The van der Waals surface area contributed by atoms with Gasteiger partial charge >= 0.3 is 5.84 Å². The molecule has 4 rings (SSSR count). The zero-order chi connectivity index (χ0) is 18.8. The smallest absolute Gasteiger partial charge is 0.306 e. The van der Waals surface area contributed by atoms with Gasteiger partial charge in [0, 0.05) is 31.1 Å². The van der Waals surface area contributed by atoms with Crippen molar-refractivity contribution >= 4 is 11.8 Å². The molecule has 1 atom stereocenters. The minimum absolute atomic E-state index is 0.0567. The first-order valence-electron chi connectivity index (χ1n) is 8.46. The second kappa shape index (κ2) is 7.16. The lowest BCUT2D eigenvalue weighted by molar-refractivity contribution is 0.190. The van der Waals surface area contributed by atoms with E-state index < -0.39 is 0 Å². The minimum Gasteiger partial charge on any atom is -0.432 e. The number of methoxy groups -OCH3 is 1. The van der Waals surface area contributed by atoms with Crippen LogP contribution in [0.4, 0.5) is 10.3 Å². The lowest BCUT2D eigenvalue weighted by Gasteiger charge is -2.13. The normalized spacial score (nSPS) is 12.4. The van der Waals surface area contributed by atoms with E-state index in [4.69, 9.17) is 9.15 Å². The van der Waals surface area contributed by atoms with Crippen molar-refractivity contribution in [3.63, 3.8) is 0 Å². The van der Waals surface area contributed by atoms with Crippen molar-refractivity contribution in [1.82, 2.24) is 19.4 Å². The fourth-order valence-electron chi connectivity index (χ4n) is 2.91. The van der Waals surface area contributed by atoms with E-state index in [9.17, 15) is 4.39 Å². The van der Waals surface area contributed by atoms with E-state index in [1.54, 1.807) is 44.0 Å². The number of hydrogen-bond acceptors (Lipinski definition) is 6. The monoisotopic (exact) mass is 367 g/mol. The van der Waals surface area contributed by atoms with Crippen LogP contribution in [0.1, 0.15) is 6.92 Å². The molecule has 0 saturated carbocycles. The Morgan fingerprint density at radius 2 is 2.04 bits per heavy atom. The largest absolute Gasteiger partial charge is 0.432 e. The predicted octanol–water partition coefficient (Wildman–Crippen LogP) is 3.64. The van der Waals surface area contributed by atoms with E-state index in [1.165, 1.54) is 12.1 Å². The van der Waals surface area contributed by atoms with E-state index in [0.29, 0.717) is 29.8 Å². The van der Waals surface area contributed by atoms with Crippen LogP contribution in [0.15, 0.2) is 53.4 Å². The molecule has 3 aromatic heterocycles. The lowest BCUT2D eigenvalue weighted by Crippen LogP contribution is -2.22. The quantitative estimate of drug-likeness (QED) is 0.561. The van der Waals surface area contributed by atoms with Gasteiger partial charge in [-0.2, -0.15) is 4.98 Å². The summed E-state index contributed by atoms with van der Waals surface area (Å²) in [6.07, 6.45) is 5.01. The van der Waals surface area contributed by atoms with Crippen molar-refractivity contribution in [2.24, 2.45) is 0 Å². The Labute approximate surface area is 154 Å². The van der Waals surface area contributed by atoms with Gasteiger partial charge in [-0.25, -0.2) is 14.4 Å². The number of halogens is 1. The molecule has 0 aliphatic heterocycles. The highest BCUT2D eigenvalue weighted by atomic mass is 19.1. The van der Waals surface area contributed by atoms with Crippen LogP contribution >= 0.6 is 0 Å². The summed E-state index contributed by atoms with van der Waals surface area (Å²) in [5.41, 5.74) is 2.84. The van der Waals surface area contributed by atoms with E-state index in [1.807, 2.05) is 11.3 Å². The zero-order valence-corrected chi connectivity index (χ0v) is 14.9. The number of oxazole rings is 1. The number of benzene rings is 1. The highest BCUT2D eigenvalue weighted by molar-refractivity contribution is 5.79. The van der Waals surface area contributed by atoms with Crippen molar-refractivity contribution < 1.29 is 13.5 Å². The molecule has 1 unspecified atom stereocenters. The van der Waals surface area contributed by atoms with Gasteiger partial charge in [0.25, 0.3) is 0 Å². The molecule has 0 fully saturated rings. The van der Waals surface area contributed by atoms with Crippen LogP contribution in [-0.4, -0.2) is 39.1 Å². The number of hydrogen-bond donors (Lipinski definition) is 1. The second-order valence-corrected chi connectivity index (χ2v) is 6.14. The molecule has 8 heteroatoms. The fraction of sp³-hybridized carbons (Fsp3) is 0.211. The first-order valence-corrected chi connectivity index (χ1v) is 8.46. The topological polar surface area (TPSA) is 77.5 Å². The first-order chi connectivity index (χ1) is 13.2. The molecule has 138 valence electrons. The summed E-state index contributed by atoms with van der Waals surface area (Å²) in [7, 11) is 1.65. The summed E-state index contributed by atoms with van der Waals surface area (Å²) in [5.74, 6) is 0.620. The molecule has 0 amide bonds. The predicted molar refractivity (Wildman–Crippen MR) is 98.8 cm³/mol. The van der Waals surface area contributed by atoms with Gasteiger partial charge in [0.2, 0.25) is 5.95 Å². The summed E-state index contributed by atoms with van der Waals surface area (Å²) >= 11 is 0. The number of imidazole rings is 1. The van der Waals surface area contributed by atoms with Crippen LogP contribution < -0.4 is 5.32 Å². The maximum absolute atomic E-state index is 13.3.